The van der Waals surface area contributed by atoms with Gasteiger partial charge in [-0.3, -0.25) is 4.79 Å². The highest BCUT2D eigenvalue weighted by molar-refractivity contribution is 8.00. The second-order valence-electron chi connectivity index (χ2n) is 6.87. The number of nitriles is 1. The first-order valence-electron chi connectivity index (χ1n) is 9.31. The van der Waals surface area contributed by atoms with Gasteiger partial charge in [-0.2, -0.15) is 5.26 Å². The summed E-state index contributed by atoms with van der Waals surface area (Å²) in [4.78, 5) is 20.5. The quantitative estimate of drug-likeness (QED) is 0.620. The number of fused-ring (bicyclic) bond motifs is 1. The summed E-state index contributed by atoms with van der Waals surface area (Å²) in [5, 5.41) is 15.5. The van der Waals surface area contributed by atoms with Crippen molar-refractivity contribution >= 4 is 34.7 Å². The van der Waals surface area contributed by atoms with E-state index in [2.05, 4.69) is 23.3 Å². The molecule has 0 radical (unpaired) electrons. The number of aromatic nitrogens is 1. The molecule has 4 rings (SSSR count). The fraction of sp³-hybridized carbons (Fsp3) is 0.227. The molecule has 0 atom stereocenters. The summed E-state index contributed by atoms with van der Waals surface area (Å²) in [6.45, 7) is 1.72. The number of thioether (sulfide) groups is 1. The Morgan fingerprint density at radius 3 is 2.86 bits per heavy atom. The number of nitrogens with zero attached hydrogens (tertiary/aromatic N) is 3. The third-order valence-electron chi connectivity index (χ3n) is 4.79. The Bertz CT molecular complexity index is 1060. The van der Waals surface area contributed by atoms with Crippen molar-refractivity contribution in [3.63, 3.8) is 0 Å². The van der Waals surface area contributed by atoms with Crippen molar-refractivity contribution in [3.05, 3.63) is 64.7 Å². The molecule has 3 aromatic rings. The van der Waals surface area contributed by atoms with E-state index < -0.39 is 0 Å². The van der Waals surface area contributed by atoms with Crippen LogP contribution in [0.2, 0.25) is 0 Å². The molecule has 2 aromatic heterocycles. The molecule has 0 fully saturated rings. The van der Waals surface area contributed by atoms with Crippen molar-refractivity contribution in [1.82, 2.24) is 9.88 Å². The monoisotopic (exact) mass is 420 g/mol. The van der Waals surface area contributed by atoms with Crippen molar-refractivity contribution in [2.45, 2.75) is 18.0 Å². The smallest absolute Gasteiger partial charge is 0.234 e. The first-order chi connectivity index (χ1) is 14.2. The van der Waals surface area contributed by atoms with Gasteiger partial charge in [-0.25, -0.2) is 4.98 Å². The summed E-state index contributed by atoms with van der Waals surface area (Å²) in [6, 6.07) is 15.8. The van der Waals surface area contributed by atoms with Crippen LogP contribution in [0.4, 0.5) is 5.69 Å². The van der Waals surface area contributed by atoms with Crippen LogP contribution in [0.5, 0.6) is 0 Å². The van der Waals surface area contributed by atoms with Gasteiger partial charge in [0.25, 0.3) is 0 Å². The van der Waals surface area contributed by atoms with Crippen LogP contribution in [0.25, 0.3) is 10.4 Å². The Morgan fingerprint density at radius 1 is 1.31 bits per heavy atom. The Balaban J connectivity index is 1.64. The van der Waals surface area contributed by atoms with Crippen LogP contribution in [0.15, 0.2) is 52.9 Å². The number of thiophene rings is 1. The van der Waals surface area contributed by atoms with Gasteiger partial charge in [0.05, 0.1) is 11.3 Å². The first kappa shape index (κ1) is 19.6. The number of para-hydroxylation sites is 1. The van der Waals surface area contributed by atoms with E-state index in [1.54, 1.807) is 11.3 Å². The molecule has 1 aliphatic heterocycles. The normalized spacial score (nSPS) is 13.5. The lowest BCUT2D eigenvalue weighted by Crippen LogP contribution is -2.28. The predicted octanol–water partition coefficient (Wildman–Crippen LogP) is 4.40. The fourth-order valence-electron chi connectivity index (χ4n) is 3.42. The van der Waals surface area contributed by atoms with E-state index in [4.69, 9.17) is 4.98 Å². The molecule has 0 saturated carbocycles. The van der Waals surface area contributed by atoms with E-state index >= 15 is 0 Å². The molecule has 1 aromatic carbocycles. The maximum atomic E-state index is 12.4. The topological polar surface area (TPSA) is 69.0 Å². The number of nitrogens with one attached hydrogen (secondary N) is 1. The Hall–Kier alpha value is -2.66. The Labute approximate surface area is 178 Å². The zero-order valence-corrected chi connectivity index (χ0v) is 17.6. The molecule has 29 heavy (non-hydrogen) atoms. The predicted molar refractivity (Wildman–Crippen MR) is 118 cm³/mol. The number of amides is 1. The second-order valence-corrected chi connectivity index (χ2v) is 8.78. The molecule has 1 N–H and O–H groups in total. The second kappa shape index (κ2) is 8.78. The molecular formula is C22H20N4OS2. The molecule has 0 spiro atoms. The third kappa shape index (κ3) is 4.35. The Kier molecular flexibility index (Phi) is 5.95. The number of rotatable bonds is 5. The number of hydrogen-bond donors (Lipinski definition) is 1. The summed E-state index contributed by atoms with van der Waals surface area (Å²) in [7, 11) is 2.09. The molecular weight excluding hydrogens is 400 g/mol. The average Bonchev–Trinajstić information content (AvgIpc) is 3.26. The Morgan fingerprint density at radius 2 is 2.14 bits per heavy atom. The number of carbonyl (C=O) groups is 1. The summed E-state index contributed by atoms with van der Waals surface area (Å²) >= 11 is 2.96. The molecule has 0 unspecified atom stereocenters. The van der Waals surface area contributed by atoms with Gasteiger partial charge in [0.2, 0.25) is 5.91 Å². The van der Waals surface area contributed by atoms with Crippen molar-refractivity contribution in [3.8, 4) is 16.5 Å². The largest absolute Gasteiger partial charge is 0.325 e. The van der Waals surface area contributed by atoms with Gasteiger partial charge in [0.1, 0.15) is 11.1 Å². The molecule has 5 nitrogen and oxygen atoms in total. The van der Waals surface area contributed by atoms with Crippen molar-refractivity contribution in [2.24, 2.45) is 0 Å². The van der Waals surface area contributed by atoms with Crippen LogP contribution < -0.4 is 5.32 Å². The fourth-order valence-corrected chi connectivity index (χ4v) is 5.04. The van der Waals surface area contributed by atoms with Gasteiger partial charge >= 0.3 is 0 Å². The molecule has 1 aliphatic rings. The van der Waals surface area contributed by atoms with Gasteiger partial charge in [0, 0.05) is 41.3 Å². The lowest BCUT2D eigenvalue weighted by molar-refractivity contribution is -0.113. The molecule has 0 aliphatic carbocycles. The summed E-state index contributed by atoms with van der Waals surface area (Å²) < 4.78 is 0. The number of likely N-dealkylation sites (N-methyl/N-ethyl adjacent to an activating group) is 1. The summed E-state index contributed by atoms with van der Waals surface area (Å²) in [5.41, 5.74) is 4.48. The maximum Gasteiger partial charge on any atom is 0.234 e. The van der Waals surface area contributed by atoms with Crippen LogP contribution in [0, 0.1) is 11.3 Å². The van der Waals surface area contributed by atoms with Crippen molar-refractivity contribution in [1.29, 1.82) is 5.26 Å². The lowest BCUT2D eigenvalue weighted by atomic mass is 9.96. The van der Waals surface area contributed by atoms with E-state index in [1.807, 2.05) is 47.8 Å². The van der Waals surface area contributed by atoms with Crippen molar-refractivity contribution in [2.75, 3.05) is 24.7 Å². The molecule has 7 heteroatoms. The van der Waals surface area contributed by atoms with Gasteiger partial charge < -0.3 is 10.2 Å². The van der Waals surface area contributed by atoms with E-state index in [1.165, 1.54) is 11.8 Å². The number of hydrogen-bond acceptors (Lipinski definition) is 6. The minimum absolute atomic E-state index is 0.109. The summed E-state index contributed by atoms with van der Waals surface area (Å²) in [6.07, 6.45) is 0.847. The highest BCUT2D eigenvalue weighted by atomic mass is 32.2. The highest BCUT2D eigenvalue weighted by Gasteiger charge is 2.25. The zero-order valence-electron chi connectivity index (χ0n) is 16.0. The van der Waals surface area contributed by atoms with E-state index in [-0.39, 0.29) is 11.7 Å². The van der Waals surface area contributed by atoms with Crippen LogP contribution in [-0.2, 0) is 17.8 Å². The number of carbonyl (C=O) groups excluding carboxylic acids is 1. The van der Waals surface area contributed by atoms with Gasteiger partial charge in [-0.15, -0.1) is 11.3 Å². The SMILES string of the molecule is CN1CCc2nc(SCC(=O)Nc3ccccc3)c(C#N)c(-c3cccs3)c2C1. The number of pyridine rings is 1. The number of benzene rings is 1. The standard InChI is InChI=1S/C22H20N4OS2/c1-26-10-9-18-17(13-26)21(19-8-5-11-28-19)16(12-23)22(25-18)29-14-20(27)24-15-6-3-2-4-7-15/h2-8,11H,9-10,13-14H2,1H3,(H,24,27). The first-order valence-corrected chi connectivity index (χ1v) is 11.2. The molecule has 1 amide bonds. The van der Waals surface area contributed by atoms with E-state index in [9.17, 15) is 10.1 Å². The highest BCUT2D eigenvalue weighted by Crippen LogP contribution is 2.38. The minimum atomic E-state index is -0.109. The lowest BCUT2D eigenvalue weighted by Gasteiger charge is -2.27. The molecule has 0 bridgehead atoms. The van der Waals surface area contributed by atoms with E-state index in [0.29, 0.717) is 10.6 Å². The summed E-state index contributed by atoms with van der Waals surface area (Å²) in [5.74, 6) is 0.0982. The maximum absolute atomic E-state index is 12.4. The van der Waals surface area contributed by atoms with Gasteiger partial charge in [0.15, 0.2) is 0 Å². The van der Waals surface area contributed by atoms with Crippen LogP contribution >= 0.6 is 23.1 Å². The van der Waals surface area contributed by atoms with Gasteiger partial charge in [-0.05, 0) is 36.2 Å². The minimum Gasteiger partial charge on any atom is -0.325 e. The van der Waals surface area contributed by atoms with Crippen molar-refractivity contribution < 1.29 is 4.79 Å². The van der Waals surface area contributed by atoms with Gasteiger partial charge in [-0.1, -0.05) is 36.0 Å². The van der Waals surface area contributed by atoms with Crippen LogP contribution in [-0.4, -0.2) is 35.1 Å². The van der Waals surface area contributed by atoms with E-state index in [0.717, 1.165) is 46.9 Å². The third-order valence-corrected chi connectivity index (χ3v) is 6.65. The van der Waals surface area contributed by atoms with Crippen LogP contribution in [0.1, 0.15) is 16.8 Å². The van der Waals surface area contributed by atoms with Crippen LogP contribution in [0.3, 0.4) is 0 Å². The molecule has 0 saturated heterocycles. The average molecular weight is 421 g/mol. The molecule has 3 heterocycles. The molecule has 146 valence electrons. The number of anilines is 1. The zero-order chi connectivity index (χ0) is 20.2.